The summed E-state index contributed by atoms with van der Waals surface area (Å²) in [6, 6.07) is 14.3. The Kier molecular flexibility index (Phi) is 6.94. The second kappa shape index (κ2) is 9.25. The molecule has 0 radical (unpaired) electrons. The van der Waals surface area contributed by atoms with Gasteiger partial charge in [0.1, 0.15) is 0 Å². The predicted molar refractivity (Wildman–Crippen MR) is 104 cm³/mol. The highest BCUT2D eigenvalue weighted by molar-refractivity contribution is 7.88. The Morgan fingerprint density at radius 2 is 1.79 bits per heavy atom. The Morgan fingerprint density at radius 3 is 2.52 bits per heavy atom. The number of alkyl halides is 3. The molecule has 0 amide bonds. The highest BCUT2D eigenvalue weighted by Crippen LogP contribution is 2.29. The zero-order valence-electron chi connectivity index (χ0n) is 15.7. The topological polar surface area (TPSA) is 58.6 Å². The molecule has 0 aliphatic carbocycles. The van der Waals surface area contributed by atoms with Crippen LogP contribution in [0, 0.1) is 0 Å². The monoisotopic (exact) mass is 428 g/mol. The van der Waals surface area contributed by atoms with Crippen molar-refractivity contribution in [2.45, 2.75) is 24.6 Å². The van der Waals surface area contributed by atoms with Crippen molar-refractivity contribution >= 4 is 10.0 Å². The third-order valence-electron chi connectivity index (χ3n) is 4.61. The first-order chi connectivity index (χ1) is 13.7. The lowest BCUT2D eigenvalue weighted by Gasteiger charge is -2.33. The van der Waals surface area contributed by atoms with Crippen LogP contribution in [0.5, 0.6) is 0 Å². The van der Waals surface area contributed by atoms with Crippen molar-refractivity contribution in [2.24, 2.45) is 0 Å². The molecule has 158 valence electrons. The van der Waals surface area contributed by atoms with E-state index in [-0.39, 0.29) is 18.2 Å². The maximum Gasteiger partial charge on any atom is 0.416 e. The highest BCUT2D eigenvalue weighted by Gasteiger charge is 2.30. The Labute approximate surface area is 168 Å². The number of nitrogens with zero attached hydrogens (tertiary/aromatic N) is 1. The van der Waals surface area contributed by atoms with Gasteiger partial charge in [-0.1, -0.05) is 48.5 Å². The largest absolute Gasteiger partial charge is 0.416 e. The molecule has 9 heteroatoms. The third kappa shape index (κ3) is 6.81. The Hall–Kier alpha value is -1.94. The summed E-state index contributed by atoms with van der Waals surface area (Å²) in [5.74, 6) is -0.516. The molecule has 1 N–H and O–H groups in total. The van der Waals surface area contributed by atoms with Gasteiger partial charge in [-0.05, 0) is 17.2 Å². The van der Waals surface area contributed by atoms with E-state index in [4.69, 9.17) is 4.74 Å². The van der Waals surface area contributed by atoms with Crippen molar-refractivity contribution < 1.29 is 26.3 Å². The van der Waals surface area contributed by atoms with E-state index in [1.807, 2.05) is 30.3 Å². The number of hydrogen-bond acceptors (Lipinski definition) is 4. The van der Waals surface area contributed by atoms with E-state index in [1.165, 1.54) is 17.7 Å². The standard InChI is InChI=1S/C20H23F3N2O3S/c21-20(22,23)18-8-4-7-17(11-18)15-29(26,27)24-12-19-14-25(9-10-28-19)13-16-5-2-1-3-6-16/h1-8,11,19,24H,9-10,12-15H2. The molecule has 5 nitrogen and oxygen atoms in total. The molecule has 0 saturated carbocycles. The van der Waals surface area contributed by atoms with Crippen molar-refractivity contribution in [2.75, 3.05) is 26.2 Å². The normalized spacial score (nSPS) is 18.7. The lowest BCUT2D eigenvalue weighted by atomic mass is 10.1. The summed E-state index contributed by atoms with van der Waals surface area (Å²) in [4.78, 5) is 2.19. The van der Waals surface area contributed by atoms with E-state index >= 15 is 0 Å². The minimum Gasteiger partial charge on any atom is -0.374 e. The number of ether oxygens (including phenoxy) is 1. The van der Waals surface area contributed by atoms with Crippen LogP contribution in [-0.4, -0.2) is 45.7 Å². The average molecular weight is 428 g/mol. The van der Waals surface area contributed by atoms with Crippen LogP contribution in [0.1, 0.15) is 16.7 Å². The quantitative estimate of drug-likeness (QED) is 0.737. The lowest BCUT2D eigenvalue weighted by molar-refractivity contribution is -0.137. The number of sulfonamides is 1. The third-order valence-corrected chi connectivity index (χ3v) is 5.93. The molecule has 2 aromatic rings. The van der Waals surface area contributed by atoms with Crippen LogP contribution in [0.15, 0.2) is 54.6 Å². The summed E-state index contributed by atoms with van der Waals surface area (Å²) < 4.78 is 71.1. The zero-order valence-corrected chi connectivity index (χ0v) is 16.5. The molecule has 2 aromatic carbocycles. The smallest absolute Gasteiger partial charge is 0.374 e. The molecule has 1 fully saturated rings. The van der Waals surface area contributed by atoms with Crippen molar-refractivity contribution in [3.05, 3.63) is 71.3 Å². The second-order valence-electron chi connectivity index (χ2n) is 7.02. The molecule has 29 heavy (non-hydrogen) atoms. The maximum atomic E-state index is 12.8. The van der Waals surface area contributed by atoms with Crippen LogP contribution < -0.4 is 4.72 Å². The number of morpholine rings is 1. The number of nitrogens with one attached hydrogen (secondary N) is 1. The molecule has 0 bridgehead atoms. The Bertz CT molecular complexity index is 905. The number of halogens is 3. The van der Waals surface area contributed by atoms with Crippen molar-refractivity contribution in [1.29, 1.82) is 0 Å². The van der Waals surface area contributed by atoms with Gasteiger partial charge in [-0.3, -0.25) is 4.90 Å². The van der Waals surface area contributed by atoms with Crippen molar-refractivity contribution in [1.82, 2.24) is 9.62 Å². The minimum atomic E-state index is -4.51. The first kappa shape index (κ1) is 21.8. The summed E-state index contributed by atoms with van der Waals surface area (Å²) >= 11 is 0. The number of hydrogen-bond donors (Lipinski definition) is 1. The summed E-state index contributed by atoms with van der Waals surface area (Å²) in [6.07, 6.45) is -4.82. The van der Waals surface area contributed by atoms with Gasteiger partial charge in [0.25, 0.3) is 0 Å². The summed E-state index contributed by atoms with van der Waals surface area (Å²) in [5.41, 5.74) is 0.387. The molecule has 1 unspecified atom stereocenters. The highest BCUT2D eigenvalue weighted by atomic mass is 32.2. The van der Waals surface area contributed by atoms with E-state index in [9.17, 15) is 21.6 Å². The molecule has 0 spiro atoms. The summed E-state index contributed by atoms with van der Waals surface area (Å²) in [6.45, 7) is 2.64. The van der Waals surface area contributed by atoms with Crippen LogP contribution in [0.25, 0.3) is 0 Å². The zero-order chi connectivity index (χ0) is 20.9. The molecule has 1 aliphatic rings. The van der Waals surface area contributed by atoms with Crippen LogP contribution in [0.3, 0.4) is 0 Å². The molecule has 0 aromatic heterocycles. The molecule has 3 rings (SSSR count). The van der Waals surface area contributed by atoms with Crippen molar-refractivity contribution in [3.8, 4) is 0 Å². The van der Waals surface area contributed by atoms with Gasteiger partial charge < -0.3 is 4.74 Å². The van der Waals surface area contributed by atoms with Gasteiger partial charge in [0.2, 0.25) is 10.0 Å². The van der Waals surface area contributed by atoms with Gasteiger partial charge in [0, 0.05) is 26.2 Å². The van der Waals surface area contributed by atoms with Gasteiger partial charge >= 0.3 is 6.18 Å². The minimum absolute atomic E-state index is 0.0760. The average Bonchev–Trinajstić information content (AvgIpc) is 2.67. The SMILES string of the molecule is O=S(=O)(Cc1cccc(C(F)(F)F)c1)NCC1CN(Cc2ccccc2)CCO1. The Morgan fingerprint density at radius 1 is 1.07 bits per heavy atom. The van der Waals surface area contributed by atoms with Gasteiger partial charge in [-0.15, -0.1) is 0 Å². The van der Waals surface area contributed by atoms with Crippen LogP contribution in [0.4, 0.5) is 13.2 Å². The summed E-state index contributed by atoms with van der Waals surface area (Å²) in [7, 11) is -3.79. The maximum absolute atomic E-state index is 12.8. The fraction of sp³-hybridized carbons (Fsp3) is 0.400. The number of rotatable bonds is 7. The fourth-order valence-corrected chi connectivity index (χ4v) is 4.38. The van der Waals surface area contributed by atoms with E-state index < -0.39 is 27.5 Å². The predicted octanol–water partition coefficient (Wildman–Crippen LogP) is 3.03. The van der Waals surface area contributed by atoms with E-state index in [0.717, 1.165) is 25.2 Å². The first-order valence-electron chi connectivity index (χ1n) is 9.23. The molecule has 1 saturated heterocycles. The van der Waals surface area contributed by atoms with Gasteiger partial charge in [-0.2, -0.15) is 13.2 Å². The van der Waals surface area contributed by atoms with E-state index in [0.29, 0.717) is 13.2 Å². The van der Waals surface area contributed by atoms with Crippen molar-refractivity contribution in [3.63, 3.8) is 0 Å². The van der Waals surface area contributed by atoms with Gasteiger partial charge in [0.15, 0.2) is 0 Å². The molecule has 1 aliphatic heterocycles. The first-order valence-corrected chi connectivity index (χ1v) is 10.9. The molecule has 1 heterocycles. The van der Waals surface area contributed by atoms with Crippen LogP contribution in [0.2, 0.25) is 0 Å². The van der Waals surface area contributed by atoms with Gasteiger partial charge in [0.05, 0.1) is 24.0 Å². The summed E-state index contributed by atoms with van der Waals surface area (Å²) in [5, 5.41) is 0. The lowest BCUT2D eigenvalue weighted by Crippen LogP contribution is -2.47. The molecular weight excluding hydrogens is 405 g/mol. The number of benzene rings is 2. The van der Waals surface area contributed by atoms with E-state index in [1.54, 1.807) is 0 Å². The van der Waals surface area contributed by atoms with Gasteiger partial charge in [-0.25, -0.2) is 13.1 Å². The second-order valence-corrected chi connectivity index (χ2v) is 8.83. The molecule has 1 atom stereocenters. The fourth-order valence-electron chi connectivity index (χ4n) is 3.22. The molecular formula is C20H23F3N2O3S. The van der Waals surface area contributed by atoms with Crippen LogP contribution >= 0.6 is 0 Å². The Balaban J connectivity index is 1.53. The van der Waals surface area contributed by atoms with E-state index in [2.05, 4.69) is 9.62 Å². The van der Waals surface area contributed by atoms with Crippen LogP contribution in [-0.2, 0) is 33.2 Å².